The Balaban J connectivity index is 1.85. The molecule has 104 valence electrons. The van der Waals surface area contributed by atoms with Crippen molar-refractivity contribution in [3.8, 4) is 0 Å². The molecule has 2 aromatic heterocycles. The number of anilines is 1. The number of nitrogens with one attached hydrogen (secondary N) is 1. The number of hydrogen-bond donors (Lipinski definition) is 2. The minimum Gasteiger partial charge on any atom is -0.478 e. The fourth-order valence-electron chi connectivity index (χ4n) is 1.34. The van der Waals surface area contributed by atoms with Crippen LogP contribution in [0.1, 0.15) is 16.1 Å². The molecule has 20 heavy (non-hydrogen) atoms. The highest BCUT2D eigenvalue weighted by atomic mass is 32.2. The molecule has 0 aromatic carbocycles. The molecule has 2 rings (SSSR count). The third-order valence-corrected chi connectivity index (χ3v) is 3.17. The summed E-state index contributed by atoms with van der Waals surface area (Å²) >= 11 is 1.20. The first-order valence-corrected chi connectivity index (χ1v) is 6.58. The molecule has 0 spiro atoms. The molecular formula is C12H11N3O4S. The van der Waals surface area contributed by atoms with Crippen LogP contribution < -0.4 is 5.32 Å². The van der Waals surface area contributed by atoms with Crippen molar-refractivity contribution in [2.24, 2.45) is 0 Å². The first-order chi connectivity index (χ1) is 9.54. The number of thioether (sulfide) groups is 1. The van der Waals surface area contributed by atoms with Gasteiger partial charge in [-0.1, -0.05) is 16.9 Å². The Bertz CT molecular complexity index is 624. The molecule has 8 heteroatoms. The van der Waals surface area contributed by atoms with Crippen LogP contribution in [-0.4, -0.2) is 32.9 Å². The zero-order chi connectivity index (χ0) is 14.5. The summed E-state index contributed by atoms with van der Waals surface area (Å²) in [5.74, 6) is -0.160. The molecule has 0 aliphatic rings. The molecule has 0 aliphatic heterocycles. The minimum absolute atomic E-state index is 0.108. The molecule has 0 radical (unpaired) electrons. The lowest BCUT2D eigenvalue weighted by Crippen LogP contribution is -2.14. The lowest BCUT2D eigenvalue weighted by atomic mass is 10.3. The maximum Gasteiger partial charge on any atom is 0.337 e. The summed E-state index contributed by atoms with van der Waals surface area (Å²) in [6, 6.07) is 4.61. The predicted octanol–water partition coefficient (Wildman–Crippen LogP) is 1.81. The number of hydrogen-bond acceptors (Lipinski definition) is 6. The topological polar surface area (TPSA) is 105 Å². The second-order valence-corrected chi connectivity index (χ2v) is 4.85. The van der Waals surface area contributed by atoms with E-state index >= 15 is 0 Å². The van der Waals surface area contributed by atoms with Crippen LogP contribution >= 0.6 is 11.8 Å². The smallest absolute Gasteiger partial charge is 0.337 e. The van der Waals surface area contributed by atoms with E-state index in [1.54, 1.807) is 19.1 Å². The number of pyridine rings is 1. The van der Waals surface area contributed by atoms with Gasteiger partial charge in [-0.15, -0.1) is 0 Å². The lowest BCUT2D eigenvalue weighted by molar-refractivity contribution is -0.113. The number of amides is 1. The third-order valence-electron chi connectivity index (χ3n) is 2.23. The van der Waals surface area contributed by atoms with E-state index in [1.165, 1.54) is 24.0 Å². The van der Waals surface area contributed by atoms with E-state index in [1.807, 2.05) is 0 Å². The van der Waals surface area contributed by atoms with Crippen LogP contribution in [0.5, 0.6) is 0 Å². The fourth-order valence-corrected chi connectivity index (χ4v) is 1.98. The van der Waals surface area contributed by atoms with Crippen molar-refractivity contribution in [3.05, 3.63) is 35.7 Å². The van der Waals surface area contributed by atoms with Gasteiger partial charge in [0, 0.05) is 12.3 Å². The molecule has 0 fully saturated rings. The summed E-state index contributed by atoms with van der Waals surface area (Å²) in [4.78, 5) is 26.2. The summed E-state index contributed by atoms with van der Waals surface area (Å²) in [6.07, 6.45) is 1.25. The Morgan fingerprint density at radius 3 is 2.80 bits per heavy atom. The Morgan fingerprint density at radius 1 is 1.45 bits per heavy atom. The Morgan fingerprint density at radius 2 is 2.25 bits per heavy atom. The number of carboxylic acids is 1. The Labute approximate surface area is 118 Å². The van der Waals surface area contributed by atoms with E-state index in [0.29, 0.717) is 16.6 Å². The zero-order valence-electron chi connectivity index (χ0n) is 10.5. The fraction of sp³-hybridized carbons (Fsp3) is 0.167. The van der Waals surface area contributed by atoms with E-state index in [2.05, 4.69) is 15.5 Å². The van der Waals surface area contributed by atoms with Crippen LogP contribution in [0.2, 0.25) is 0 Å². The number of carboxylic acid groups (broad SMARTS) is 1. The molecule has 0 unspecified atom stereocenters. The second-order valence-electron chi connectivity index (χ2n) is 3.85. The predicted molar refractivity (Wildman–Crippen MR) is 71.8 cm³/mol. The van der Waals surface area contributed by atoms with Gasteiger partial charge >= 0.3 is 5.97 Å². The van der Waals surface area contributed by atoms with Crippen LogP contribution in [0, 0.1) is 6.92 Å². The van der Waals surface area contributed by atoms with Gasteiger partial charge in [0.05, 0.1) is 16.3 Å². The van der Waals surface area contributed by atoms with Crippen molar-refractivity contribution in [3.63, 3.8) is 0 Å². The largest absolute Gasteiger partial charge is 0.478 e. The average Bonchev–Trinajstić information content (AvgIpc) is 2.82. The lowest BCUT2D eigenvalue weighted by Gasteiger charge is -2.01. The van der Waals surface area contributed by atoms with Crippen molar-refractivity contribution in [1.29, 1.82) is 0 Å². The van der Waals surface area contributed by atoms with E-state index in [-0.39, 0.29) is 17.2 Å². The van der Waals surface area contributed by atoms with Gasteiger partial charge in [-0.05, 0) is 19.1 Å². The van der Waals surface area contributed by atoms with Gasteiger partial charge in [-0.2, -0.15) is 0 Å². The monoisotopic (exact) mass is 293 g/mol. The molecule has 0 atom stereocenters. The van der Waals surface area contributed by atoms with E-state index < -0.39 is 5.97 Å². The van der Waals surface area contributed by atoms with Gasteiger partial charge in [0.1, 0.15) is 5.76 Å². The van der Waals surface area contributed by atoms with E-state index in [9.17, 15) is 9.59 Å². The number of aryl methyl sites for hydroxylation is 1. The van der Waals surface area contributed by atoms with Crippen molar-refractivity contribution in [2.75, 3.05) is 11.1 Å². The second kappa shape index (κ2) is 6.20. The number of carbonyl (C=O) groups excluding carboxylic acids is 1. The molecule has 0 bridgehead atoms. The Hall–Kier alpha value is -2.35. The first kappa shape index (κ1) is 14.1. The van der Waals surface area contributed by atoms with Crippen LogP contribution in [0.3, 0.4) is 0 Å². The zero-order valence-corrected chi connectivity index (χ0v) is 11.3. The van der Waals surface area contributed by atoms with Crippen LogP contribution in [0.15, 0.2) is 33.9 Å². The number of carbonyl (C=O) groups is 2. The van der Waals surface area contributed by atoms with Gasteiger partial charge < -0.3 is 14.9 Å². The van der Waals surface area contributed by atoms with Gasteiger partial charge in [-0.25, -0.2) is 9.78 Å². The van der Waals surface area contributed by atoms with E-state index in [0.717, 1.165) is 0 Å². The summed E-state index contributed by atoms with van der Waals surface area (Å²) in [6.45, 7) is 1.73. The molecule has 0 saturated heterocycles. The van der Waals surface area contributed by atoms with Crippen molar-refractivity contribution in [2.45, 2.75) is 11.9 Å². The van der Waals surface area contributed by atoms with Gasteiger partial charge in [0.2, 0.25) is 5.91 Å². The third kappa shape index (κ3) is 3.82. The summed E-state index contributed by atoms with van der Waals surface area (Å²) in [5.41, 5.74) is 0.108. The van der Waals surface area contributed by atoms with Crippen molar-refractivity contribution < 1.29 is 19.2 Å². The maximum absolute atomic E-state index is 11.6. The number of rotatable bonds is 5. The highest BCUT2D eigenvalue weighted by Gasteiger charge is 2.08. The van der Waals surface area contributed by atoms with Crippen molar-refractivity contribution >= 4 is 29.5 Å². The quantitative estimate of drug-likeness (QED) is 0.810. The standard InChI is InChI=1S/C12H11N3O4S/c1-7-4-9(15-19-7)14-10(16)6-20-11-3-2-8(5-13-11)12(17)18/h2-5H,6H2,1H3,(H,17,18)(H,14,15,16). The molecule has 0 saturated carbocycles. The highest BCUT2D eigenvalue weighted by Crippen LogP contribution is 2.16. The maximum atomic E-state index is 11.6. The first-order valence-electron chi connectivity index (χ1n) is 5.60. The molecule has 2 heterocycles. The minimum atomic E-state index is -1.03. The molecule has 2 aromatic rings. The van der Waals surface area contributed by atoms with Crippen molar-refractivity contribution in [1.82, 2.24) is 10.1 Å². The molecular weight excluding hydrogens is 282 g/mol. The van der Waals surface area contributed by atoms with Crippen LogP contribution in [-0.2, 0) is 4.79 Å². The number of nitrogens with zero attached hydrogens (tertiary/aromatic N) is 2. The summed E-state index contributed by atoms with van der Waals surface area (Å²) < 4.78 is 4.82. The molecule has 7 nitrogen and oxygen atoms in total. The van der Waals surface area contributed by atoms with Gasteiger partial charge in [0.25, 0.3) is 0 Å². The molecule has 2 N–H and O–H groups in total. The summed E-state index contributed by atoms with van der Waals surface area (Å²) in [7, 11) is 0. The molecule has 1 amide bonds. The number of aromatic carboxylic acids is 1. The van der Waals surface area contributed by atoms with E-state index in [4.69, 9.17) is 9.63 Å². The SMILES string of the molecule is Cc1cc(NC(=O)CSc2ccc(C(=O)O)cn2)no1. The highest BCUT2D eigenvalue weighted by molar-refractivity contribution is 7.99. The normalized spacial score (nSPS) is 10.2. The molecule has 0 aliphatic carbocycles. The van der Waals surface area contributed by atoms with Crippen LogP contribution in [0.25, 0.3) is 0 Å². The Kier molecular flexibility index (Phi) is 4.36. The summed E-state index contributed by atoms with van der Waals surface area (Å²) in [5, 5.41) is 15.5. The number of aromatic nitrogens is 2. The average molecular weight is 293 g/mol. The van der Waals surface area contributed by atoms with Gasteiger partial charge in [-0.3, -0.25) is 4.79 Å². The van der Waals surface area contributed by atoms with Crippen LogP contribution in [0.4, 0.5) is 5.82 Å². The van der Waals surface area contributed by atoms with Gasteiger partial charge in [0.15, 0.2) is 5.82 Å².